The monoisotopic (exact) mass is 239 g/mol. The summed E-state index contributed by atoms with van der Waals surface area (Å²) in [5.41, 5.74) is 1.49. The molecule has 0 saturated heterocycles. The van der Waals surface area contributed by atoms with Gasteiger partial charge in [-0.1, -0.05) is 20.8 Å². The minimum absolute atomic E-state index is 0.611. The molecule has 0 aliphatic heterocycles. The van der Waals surface area contributed by atoms with E-state index in [0.29, 0.717) is 6.04 Å². The molecule has 2 atom stereocenters. The largest absolute Gasteiger partial charge is 0.314 e. The first kappa shape index (κ1) is 13.7. The molecule has 0 aliphatic carbocycles. The molecule has 0 radical (unpaired) electrons. The van der Waals surface area contributed by atoms with Crippen LogP contribution in [0.5, 0.6) is 0 Å². The Kier molecular flexibility index (Phi) is 6.07. The molecule has 0 spiro atoms. The van der Waals surface area contributed by atoms with Crippen molar-refractivity contribution in [1.82, 2.24) is 5.32 Å². The van der Waals surface area contributed by atoms with Crippen LogP contribution in [0.15, 0.2) is 16.8 Å². The second-order valence-corrected chi connectivity index (χ2v) is 5.77. The van der Waals surface area contributed by atoms with E-state index in [0.717, 1.165) is 18.4 Å². The van der Waals surface area contributed by atoms with Gasteiger partial charge in [0.1, 0.15) is 0 Å². The van der Waals surface area contributed by atoms with Gasteiger partial charge in [-0.2, -0.15) is 11.3 Å². The highest BCUT2D eigenvalue weighted by atomic mass is 32.1. The van der Waals surface area contributed by atoms with Gasteiger partial charge in [0.25, 0.3) is 0 Å². The molecule has 0 aliphatic rings. The standard InChI is InChI=1S/C14H25NS/c1-5-7-15-12(4)14(11(2)3)9-13-6-8-16-10-13/h6,8,10-12,14-15H,5,7,9H2,1-4H3. The number of hydrogen-bond acceptors (Lipinski definition) is 2. The normalized spacial score (nSPS) is 15.3. The molecule has 2 unspecified atom stereocenters. The predicted octanol–water partition coefficient (Wildman–Crippen LogP) is 3.95. The highest BCUT2D eigenvalue weighted by molar-refractivity contribution is 7.07. The summed E-state index contributed by atoms with van der Waals surface area (Å²) in [6.07, 6.45) is 2.42. The van der Waals surface area contributed by atoms with Crippen LogP contribution in [0.2, 0.25) is 0 Å². The van der Waals surface area contributed by atoms with Gasteiger partial charge in [0.15, 0.2) is 0 Å². The summed E-state index contributed by atoms with van der Waals surface area (Å²) in [7, 11) is 0. The number of hydrogen-bond donors (Lipinski definition) is 1. The van der Waals surface area contributed by atoms with Crippen molar-refractivity contribution in [3.63, 3.8) is 0 Å². The van der Waals surface area contributed by atoms with E-state index in [2.05, 4.69) is 49.8 Å². The van der Waals surface area contributed by atoms with Crippen LogP contribution in [0.25, 0.3) is 0 Å². The second kappa shape index (κ2) is 7.08. The van der Waals surface area contributed by atoms with E-state index in [4.69, 9.17) is 0 Å². The van der Waals surface area contributed by atoms with Crippen LogP contribution in [-0.2, 0) is 6.42 Å². The molecule has 0 aromatic carbocycles. The maximum absolute atomic E-state index is 3.63. The summed E-state index contributed by atoms with van der Waals surface area (Å²) >= 11 is 1.80. The molecule has 0 amide bonds. The predicted molar refractivity (Wildman–Crippen MR) is 74.1 cm³/mol. The minimum atomic E-state index is 0.611. The molecule has 1 heterocycles. The van der Waals surface area contributed by atoms with Crippen LogP contribution in [-0.4, -0.2) is 12.6 Å². The average molecular weight is 239 g/mol. The summed E-state index contributed by atoms with van der Waals surface area (Å²) in [5.74, 6) is 1.47. The lowest BCUT2D eigenvalue weighted by Crippen LogP contribution is -2.37. The molecule has 1 aromatic rings. The average Bonchev–Trinajstić information content (AvgIpc) is 2.74. The van der Waals surface area contributed by atoms with Gasteiger partial charge in [-0.3, -0.25) is 0 Å². The highest BCUT2D eigenvalue weighted by Crippen LogP contribution is 2.22. The van der Waals surface area contributed by atoms with Crippen LogP contribution in [0.4, 0.5) is 0 Å². The first-order valence-corrected chi connectivity index (χ1v) is 7.33. The van der Waals surface area contributed by atoms with Gasteiger partial charge in [-0.05, 0) is 60.5 Å². The van der Waals surface area contributed by atoms with E-state index in [1.54, 1.807) is 11.3 Å². The zero-order valence-electron chi connectivity index (χ0n) is 11.0. The molecule has 1 nitrogen and oxygen atoms in total. The van der Waals surface area contributed by atoms with Crippen molar-refractivity contribution in [2.75, 3.05) is 6.54 Å². The van der Waals surface area contributed by atoms with Gasteiger partial charge in [0.05, 0.1) is 0 Å². The number of nitrogens with one attached hydrogen (secondary N) is 1. The molecular formula is C14H25NS. The Hall–Kier alpha value is -0.340. The van der Waals surface area contributed by atoms with Crippen molar-refractivity contribution in [3.8, 4) is 0 Å². The van der Waals surface area contributed by atoms with Crippen molar-refractivity contribution >= 4 is 11.3 Å². The van der Waals surface area contributed by atoms with Gasteiger partial charge < -0.3 is 5.32 Å². The summed E-state index contributed by atoms with van der Waals surface area (Å²) in [6, 6.07) is 2.87. The molecule has 0 bridgehead atoms. The maximum Gasteiger partial charge on any atom is 0.00726 e. The first-order chi connectivity index (χ1) is 7.65. The van der Waals surface area contributed by atoms with E-state index in [9.17, 15) is 0 Å². The smallest absolute Gasteiger partial charge is 0.00726 e. The fourth-order valence-corrected chi connectivity index (χ4v) is 2.88. The summed E-state index contributed by atoms with van der Waals surface area (Å²) in [6.45, 7) is 10.4. The van der Waals surface area contributed by atoms with E-state index in [-0.39, 0.29) is 0 Å². The molecule has 1 aromatic heterocycles. The first-order valence-electron chi connectivity index (χ1n) is 6.39. The summed E-state index contributed by atoms with van der Waals surface area (Å²) in [5, 5.41) is 8.09. The SMILES string of the molecule is CCCNC(C)C(Cc1ccsc1)C(C)C. The van der Waals surface area contributed by atoms with Gasteiger partial charge in [-0.15, -0.1) is 0 Å². The van der Waals surface area contributed by atoms with Crippen molar-refractivity contribution in [2.24, 2.45) is 11.8 Å². The van der Waals surface area contributed by atoms with Gasteiger partial charge >= 0.3 is 0 Å². The zero-order valence-corrected chi connectivity index (χ0v) is 11.8. The minimum Gasteiger partial charge on any atom is -0.314 e. The van der Waals surface area contributed by atoms with E-state index < -0.39 is 0 Å². The fourth-order valence-electron chi connectivity index (χ4n) is 2.19. The Bertz CT molecular complexity index is 266. The maximum atomic E-state index is 3.63. The molecule has 1 N–H and O–H groups in total. The lowest BCUT2D eigenvalue weighted by molar-refractivity contribution is 0.289. The van der Waals surface area contributed by atoms with Crippen LogP contribution in [0.3, 0.4) is 0 Å². The molecule has 0 saturated carbocycles. The fraction of sp³-hybridized carbons (Fsp3) is 0.714. The lowest BCUT2D eigenvalue weighted by atomic mass is 9.84. The molecule has 2 heteroatoms. The molecule has 16 heavy (non-hydrogen) atoms. The van der Waals surface area contributed by atoms with E-state index >= 15 is 0 Å². The second-order valence-electron chi connectivity index (χ2n) is 4.99. The molecular weight excluding hydrogens is 214 g/mol. The lowest BCUT2D eigenvalue weighted by Gasteiger charge is -2.28. The summed E-state index contributed by atoms with van der Waals surface area (Å²) in [4.78, 5) is 0. The molecule has 1 rings (SSSR count). The Morgan fingerprint density at radius 3 is 2.56 bits per heavy atom. The third-order valence-electron chi connectivity index (χ3n) is 3.27. The van der Waals surface area contributed by atoms with Crippen molar-refractivity contribution in [3.05, 3.63) is 22.4 Å². The third kappa shape index (κ3) is 4.26. The van der Waals surface area contributed by atoms with Crippen LogP contribution < -0.4 is 5.32 Å². The Balaban J connectivity index is 2.53. The van der Waals surface area contributed by atoms with Crippen molar-refractivity contribution in [2.45, 2.75) is 46.6 Å². The molecule has 92 valence electrons. The zero-order chi connectivity index (χ0) is 12.0. The van der Waals surface area contributed by atoms with E-state index in [1.165, 1.54) is 18.4 Å². The van der Waals surface area contributed by atoms with Crippen LogP contribution >= 0.6 is 11.3 Å². The topological polar surface area (TPSA) is 12.0 Å². The number of rotatable bonds is 7. The Morgan fingerprint density at radius 2 is 2.06 bits per heavy atom. The summed E-state index contributed by atoms with van der Waals surface area (Å²) < 4.78 is 0. The van der Waals surface area contributed by atoms with Crippen molar-refractivity contribution < 1.29 is 0 Å². The van der Waals surface area contributed by atoms with Crippen LogP contribution in [0.1, 0.15) is 39.7 Å². The third-order valence-corrected chi connectivity index (χ3v) is 4.00. The van der Waals surface area contributed by atoms with E-state index in [1.807, 2.05) is 0 Å². The van der Waals surface area contributed by atoms with Gasteiger partial charge in [0.2, 0.25) is 0 Å². The Labute approximate surface area is 104 Å². The van der Waals surface area contributed by atoms with Gasteiger partial charge in [0, 0.05) is 6.04 Å². The highest BCUT2D eigenvalue weighted by Gasteiger charge is 2.20. The van der Waals surface area contributed by atoms with Gasteiger partial charge in [-0.25, -0.2) is 0 Å². The molecule has 0 fully saturated rings. The van der Waals surface area contributed by atoms with Crippen LogP contribution in [0, 0.1) is 11.8 Å². The number of thiophene rings is 1. The Morgan fingerprint density at radius 1 is 1.31 bits per heavy atom. The van der Waals surface area contributed by atoms with Crippen molar-refractivity contribution in [1.29, 1.82) is 0 Å². The quantitative estimate of drug-likeness (QED) is 0.759.